The number of carbonyl (C=O) groups excluding carboxylic acids is 2. The Morgan fingerprint density at radius 1 is 1.20 bits per heavy atom. The molecule has 0 aliphatic heterocycles. The molecule has 10 heteroatoms. The van der Waals surface area contributed by atoms with Gasteiger partial charge in [-0.05, 0) is 20.3 Å². The molecule has 7 nitrogen and oxygen atoms in total. The van der Waals surface area contributed by atoms with Crippen LogP contribution in [0.3, 0.4) is 0 Å². The van der Waals surface area contributed by atoms with Gasteiger partial charge in [0.1, 0.15) is 0 Å². The number of esters is 2. The average molecular weight is 318 g/mol. The Kier molecular flexibility index (Phi) is 6.02. The zero-order chi connectivity index (χ0) is 16.2. The SMILES string of the molecule is CCC(C)(C)C(=O)OCC(=O)OCC(F)(F)S(=O)(=O)O. The van der Waals surface area contributed by atoms with E-state index < -0.39 is 45.9 Å². The van der Waals surface area contributed by atoms with Crippen molar-refractivity contribution >= 4 is 22.1 Å². The summed E-state index contributed by atoms with van der Waals surface area (Å²) in [7, 11) is -5.67. The molecule has 0 heterocycles. The molecule has 0 radical (unpaired) electrons. The van der Waals surface area contributed by atoms with Gasteiger partial charge in [0.05, 0.1) is 5.41 Å². The highest BCUT2D eigenvalue weighted by Gasteiger charge is 2.45. The summed E-state index contributed by atoms with van der Waals surface area (Å²) >= 11 is 0. The lowest BCUT2D eigenvalue weighted by molar-refractivity contribution is -0.167. The largest absolute Gasteiger partial charge is 0.455 e. The van der Waals surface area contributed by atoms with Crippen LogP contribution in [0.4, 0.5) is 8.78 Å². The van der Waals surface area contributed by atoms with Crippen molar-refractivity contribution in [1.29, 1.82) is 0 Å². The maximum Gasteiger partial charge on any atom is 0.402 e. The minimum atomic E-state index is -5.67. The van der Waals surface area contributed by atoms with Crippen molar-refractivity contribution < 1.29 is 40.8 Å². The molecule has 0 amide bonds. The first kappa shape index (κ1) is 18.7. The molecule has 0 spiro atoms. The fraction of sp³-hybridized carbons (Fsp3) is 0.800. The first-order chi connectivity index (χ1) is 8.83. The smallest absolute Gasteiger partial charge is 0.402 e. The van der Waals surface area contributed by atoms with Crippen molar-refractivity contribution in [2.24, 2.45) is 5.41 Å². The van der Waals surface area contributed by atoms with Crippen LogP contribution in [0.15, 0.2) is 0 Å². The summed E-state index contributed by atoms with van der Waals surface area (Å²) in [4.78, 5) is 22.5. The Balaban J connectivity index is 4.32. The number of alkyl halides is 2. The van der Waals surface area contributed by atoms with E-state index >= 15 is 0 Å². The van der Waals surface area contributed by atoms with Gasteiger partial charge >= 0.3 is 27.3 Å². The Morgan fingerprint density at radius 3 is 2.10 bits per heavy atom. The van der Waals surface area contributed by atoms with Crippen LogP contribution in [0.1, 0.15) is 27.2 Å². The number of ether oxygens (including phenoxy) is 2. The van der Waals surface area contributed by atoms with Crippen LogP contribution in [0.5, 0.6) is 0 Å². The van der Waals surface area contributed by atoms with Gasteiger partial charge in [0.15, 0.2) is 13.2 Å². The summed E-state index contributed by atoms with van der Waals surface area (Å²) in [6, 6.07) is 0. The van der Waals surface area contributed by atoms with Crippen LogP contribution in [-0.2, 0) is 29.2 Å². The molecular weight excluding hydrogens is 302 g/mol. The zero-order valence-electron chi connectivity index (χ0n) is 11.2. The predicted octanol–water partition coefficient (Wildman–Crippen LogP) is 0.990. The van der Waals surface area contributed by atoms with Gasteiger partial charge in [0.25, 0.3) is 0 Å². The molecule has 0 saturated heterocycles. The van der Waals surface area contributed by atoms with Gasteiger partial charge in [-0.25, -0.2) is 4.79 Å². The molecule has 0 fully saturated rings. The molecule has 0 aromatic carbocycles. The second kappa shape index (κ2) is 6.44. The van der Waals surface area contributed by atoms with Crippen LogP contribution in [-0.4, -0.2) is 43.4 Å². The molecule has 118 valence electrons. The van der Waals surface area contributed by atoms with Gasteiger partial charge in [-0.2, -0.15) is 17.2 Å². The van der Waals surface area contributed by atoms with E-state index in [2.05, 4.69) is 9.47 Å². The van der Waals surface area contributed by atoms with E-state index in [0.717, 1.165) is 0 Å². The summed E-state index contributed by atoms with van der Waals surface area (Å²) in [5, 5.41) is -4.62. The third kappa shape index (κ3) is 5.37. The van der Waals surface area contributed by atoms with Crippen molar-refractivity contribution in [3.63, 3.8) is 0 Å². The molecule has 0 saturated carbocycles. The summed E-state index contributed by atoms with van der Waals surface area (Å²) in [6.45, 7) is 2.05. The maximum atomic E-state index is 12.7. The van der Waals surface area contributed by atoms with Crippen LogP contribution in [0, 0.1) is 5.41 Å². The van der Waals surface area contributed by atoms with Gasteiger partial charge in [0.2, 0.25) is 0 Å². The molecule has 0 bridgehead atoms. The third-order valence-electron chi connectivity index (χ3n) is 2.54. The minimum absolute atomic E-state index is 0.432. The normalized spacial score (nSPS) is 12.9. The van der Waals surface area contributed by atoms with Crippen molar-refractivity contribution in [2.45, 2.75) is 32.4 Å². The molecule has 0 atom stereocenters. The van der Waals surface area contributed by atoms with E-state index in [4.69, 9.17) is 4.55 Å². The Bertz CT molecular complexity index is 470. The third-order valence-corrected chi connectivity index (χ3v) is 3.41. The lowest BCUT2D eigenvalue weighted by Gasteiger charge is -2.20. The quantitative estimate of drug-likeness (QED) is 0.551. The van der Waals surface area contributed by atoms with Crippen molar-refractivity contribution in [1.82, 2.24) is 0 Å². The highest BCUT2D eigenvalue weighted by molar-refractivity contribution is 7.86. The number of hydrogen-bond acceptors (Lipinski definition) is 6. The Labute approximate surface area is 115 Å². The standard InChI is InChI=1S/C10H16F2O7S/c1-4-9(2,3)8(14)18-5-7(13)19-6-10(11,12)20(15,16)17/h4-6H2,1-3H3,(H,15,16,17). The summed E-state index contributed by atoms with van der Waals surface area (Å²) in [5.74, 6) is -2.08. The molecule has 0 aromatic heterocycles. The van der Waals surface area contributed by atoms with Gasteiger partial charge < -0.3 is 9.47 Å². The van der Waals surface area contributed by atoms with E-state index in [0.29, 0.717) is 6.42 Å². The average Bonchev–Trinajstić information content (AvgIpc) is 2.31. The summed E-state index contributed by atoms with van der Waals surface area (Å²) < 4.78 is 62.5. The molecule has 20 heavy (non-hydrogen) atoms. The highest BCUT2D eigenvalue weighted by atomic mass is 32.2. The highest BCUT2D eigenvalue weighted by Crippen LogP contribution is 2.22. The van der Waals surface area contributed by atoms with Crippen LogP contribution in [0.25, 0.3) is 0 Å². The van der Waals surface area contributed by atoms with Crippen LogP contribution < -0.4 is 0 Å². The van der Waals surface area contributed by atoms with Gasteiger partial charge in [-0.3, -0.25) is 9.35 Å². The Morgan fingerprint density at radius 2 is 1.70 bits per heavy atom. The van der Waals surface area contributed by atoms with Gasteiger partial charge in [-0.15, -0.1) is 0 Å². The first-order valence-corrected chi connectivity index (χ1v) is 6.95. The van der Waals surface area contributed by atoms with Crippen molar-refractivity contribution in [3.8, 4) is 0 Å². The predicted molar refractivity (Wildman–Crippen MR) is 62.5 cm³/mol. The first-order valence-electron chi connectivity index (χ1n) is 5.51. The maximum absolute atomic E-state index is 12.7. The number of halogens is 2. The summed E-state index contributed by atoms with van der Waals surface area (Å²) in [6.07, 6.45) is 0.432. The van der Waals surface area contributed by atoms with Crippen molar-refractivity contribution in [2.75, 3.05) is 13.2 Å². The van der Waals surface area contributed by atoms with E-state index in [9.17, 15) is 26.8 Å². The van der Waals surface area contributed by atoms with Gasteiger partial charge in [0, 0.05) is 0 Å². The molecule has 0 aliphatic rings. The number of carbonyl (C=O) groups is 2. The topological polar surface area (TPSA) is 107 Å². The molecule has 1 N–H and O–H groups in total. The second-order valence-electron chi connectivity index (χ2n) is 4.59. The lowest BCUT2D eigenvalue weighted by atomic mass is 9.91. The van der Waals surface area contributed by atoms with E-state index in [1.807, 2.05) is 0 Å². The molecule has 0 aliphatic carbocycles. The number of hydrogen-bond donors (Lipinski definition) is 1. The lowest BCUT2D eigenvalue weighted by Crippen LogP contribution is -2.35. The van der Waals surface area contributed by atoms with E-state index in [1.165, 1.54) is 0 Å². The minimum Gasteiger partial charge on any atom is -0.455 e. The molecular formula is C10H16F2O7S. The van der Waals surface area contributed by atoms with Crippen LogP contribution >= 0.6 is 0 Å². The number of rotatable bonds is 7. The fourth-order valence-electron chi connectivity index (χ4n) is 0.745. The van der Waals surface area contributed by atoms with Gasteiger partial charge in [-0.1, -0.05) is 6.92 Å². The fourth-order valence-corrected chi connectivity index (χ4v) is 0.953. The van der Waals surface area contributed by atoms with E-state index in [-0.39, 0.29) is 0 Å². The molecule has 0 aromatic rings. The Hall–Kier alpha value is -1.29. The monoisotopic (exact) mass is 318 g/mol. The summed E-state index contributed by atoms with van der Waals surface area (Å²) in [5.41, 5.74) is -0.849. The molecule has 0 unspecified atom stereocenters. The van der Waals surface area contributed by atoms with Crippen molar-refractivity contribution in [3.05, 3.63) is 0 Å². The molecule has 0 rings (SSSR count). The van der Waals surface area contributed by atoms with E-state index in [1.54, 1.807) is 20.8 Å². The van der Waals surface area contributed by atoms with Crippen LogP contribution in [0.2, 0.25) is 0 Å². The second-order valence-corrected chi connectivity index (χ2v) is 6.13. The zero-order valence-corrected chi connectivity index (χ0v) is 12.0.